The molecule has 0 aromatic rings. The van der Waals surface area contributed by atoms with Crippen LogP contribution in [-0.2, 0) is 4.79 Å². The van der Waals surface area contributed by atoms with Gasteiger partial charge in [-0.05, 0) is 39.4 Å². The lowest BCUT2D eigenvalue weighted by atomic mass is 10.2. The van der Waals surface area contributed by atoms with E-state index in [0.29, 0.717) is 12.6 Å². The van der Waals surface area contributed by atoms with Crippen LogP contribution in [0.5, 0.6) is 0 Å². The molecule has 0 aromatic heterocycles. The van der Waals surface area contributed by atoms with Gasteiger partial charge in [0.15, 0.2) is 0 Å². The third kappa shape index (κ3) is 4.03. The number of hydrogen-bond acceptors (Lipinski definition) is 3. The molecular weight excluding hydrogens is 208 g/mol. The summed E-state index contributed by atoms with van der Waals surface area (Å²) in [6, 6.07) is 0.468. The molecule has 1 fully saturated rings. The topological polar surface area (TPSA) is 41.1 Å². The molecule has 0 aliphatic heterocycles. The number of nitrogens with one attached hydrogen (secondary N) is 2. The van der Waals surface area contributed by atoms with E-state index in [4.69, 9.17) is 0 Å². The first-order valence-corrected chi connectivity index (χ1v) is 7.02. The van der Waals surface area contributed by atoms with E-state index >= 15 is 0 Å². The molecule has 1 aliphatic rings. The van der Waals surface area contributed by atoms with Crippen molar-refractivity contribution in [3.8, 4) is 0 Å². The van der Waals surface area contributed by atoms with E-state index in [1.54, 1.807) is 0 Å². The first-order valence-electron chi connectivity index (χ1n) is 5.74. The Morgan fingerprint density at radius 3 is 2.80 bits per heavy atom. The van der Waals surface area contributed by atoms with Crippen molar-refractivity contribution in [2.75, 3.05) is 12.8 Å². The van der Waals surface area contributed by atoms with Crippen molar-refractivity contribution in [1.82, 2.24) is 10.6 Å². The maximum absolute atomic E-state index is 11.5. The minimum Gasteiger partial charge on any atom is -0.355 e. The molecule has 0 bridgehead atoms. The third-order valence-corrected chi connectivity index (χ3v) is 4.04. The Labute approximate surface area is 96.8 Å². The summed E-state index contributed by atoms with van der Waals surface area (Å²) in [5, 5.41) is 7.02. The van der Waals surface area contributed by atoms with Crippen molar-refractivity contribution in [2.45, 2.75) is 50.4 Å². The lowest BCUT2D eigenvalue weighted by Gasteiger charge is -2.18. The molecule has 0 radical (unpaired) electrons. The third-order valence-electron chi connectivity index (χ3n) is 2.95. The van der Waals surface area contributed by atoms with Crippen molar-refractivity contribution in [2.24, 2.45) is 0 Å². The monoisotopic (exact) mass is 230 g/mol. The van der Waals surface area contributed by atoms with E-state index in [1.807, 2.05) is 25.6 Å². The van der Waals surface area contributed by atoms with Crippen LogP contribution in [0.2, 0.25) is 0 Å². The van der Waals surface area contributed by atoms with Gasteiger partial charge in [-0.1, -0.05) is 0 Å². The first kappa shape index (κ1) is 12.8. The van der Waals surface area contributed by atoms with E-state index in [-0.39, 0.29) is 11.9 Å². The highest BCUT2D eigenvalue weighted by atomic mass is 32.2. The maximum Gasteiger partial charge on any atom is 0.236 e. The van der Waals surface area contributed by atoms with Gasteiger partial charge >= 0.3 is 0 Å². The summed E-state index contributed by atoms with van der Waals surface area (Å²) < 4.78 is 0. The van der Waals surface area contributed by atoms with E-state index < -0.39 is 0 Å². The quantitative estimate of drug-likeness (QED) is 0.750. The molecule has 0 heterocycles. The van der Waals surface area contributed by atoms with Crippen molar-refractivity contribution < 1.29 is 4.79 Å². The van der Waals surface area contributed by atoms with Crippen LogP contribution in [0, 0.1) is 0 Å². The number of thioether (sulfide) groups is 1. The van der Waals surface area contributed by atoms with Gasteiger partial charge in [-0.3, -0.25) is 4.79 Å². The predicted octanol–water partition coefficient (Wildman–Crippen LogP) is 1.38. The molecule has 1 aliphatic carbocycles. The lowest BCUT2D eigenvalue weighted by Crippen LogP contribution is -2.45. The Balaban J connectivity index is 2.26. The Morgan fingerprint density at radius 1 is 1.53 bits per heavy atom. The predicted molar refractivity (Wildman–Crippen MR) is 66.2 cm³/mol. The maximum atomic E-state index is 11.5. The minimum absolute atomic E-state index is 0.0597. The largest absolute Gasteiger partial charge is 0.355 e. The van der Waals surface area contributed by atoms with Crippen LogP contribution in [0.15, 0.2) is 0 Å². The Morgan fingerprint density at radius 2 is 2.27 bits per heavy atom. The summed E-state index contributed by atoms with van der Waals surface area (Å²) in [5.41, 5.74) is 0. The molecule has 0 spiro atoms. The minimum atomic E-state index is -0.0597. The number of hydrogen-bond donors (Lipinski definition) is 2. The number of carbonyl (C=O) groups excluding carboxylic acids is 1. The first-order chi connectivity index (χ1) is 7.17. The second kappa shape index (κ2) is 6.38. The molecule has 0 aromatic carbocycles. The summed E-state index contributed by atoms with van der Waals surface area (Å²) >= 11 is 1.94. The Bertz CT molecular complexity index is 211. The number of carbonyl (C=O) groups is 1. The highest BCUT2D eigenvalue weighted by Crippen LogP contribution is 2.28. The van der Waals surface area contributed by atoms with Gasteiger partial charge in [0.25, 0.3) is 0 Å². The average Bonchev–Trinajstić information content (AvgIpc) is 2.66. The van der Waals surface area contributed by atoms with E-state index in [0.717, 1.165) is 5.25 Å². The van der Waals surface area contributed by atoms with Crippen LogP contribution >= 0.6 is 11.8 Å². The van der Waals surface area contributed by atoms with Gasteiger partial charge < -0.3 is 10.6 Å². The SMILES string of the molecule is CCNC(=O)C(C)NC1CCC(SC)C1. The molecule has 15 heavy (non-hydrogen) atoms. The van der Waals surface area contributed by atoms with Gasteiger partial charge in [0, 0.05) is 17.8 Å². The van der Waals surface area contributed by atoms with Crippen LogP contribution < -0.4 is 10.6 Å². The molecule has 2 N–H and O–H groups in total. The highest BCUT2D eigenvalue weighted by molar-refractivity contribution is 7.99. The second-order valence-corrected chi connectivity index (χ2v) is 5.29. The lowest BCUT2D eigenvalue weighted by molar-refractivity contribution is -0.122. The van der Waals surface area contributed by atoms with E-state index in [2.05, 4.69) is 16.9 Å². The molecule has 3 nitrogen and oxygen atoms in total. The van der Waals surface area contributed by atoms with Crippen molar-refractivity contribution in [3.63, 3.8) is 0 Å². The molecule has 3 unspecified atom stereocenters. The molecule has 0 saturated heterocycles. The van der Waals surface area contributed by atoms with Crippen molar-refractivity contribution in [1.29, 1.82) is 0 Å². The zero-order valence-corrected chi connectivity index (χ0v) is 10.7. The fourth-order valence-electron chi connectivity index (χ4n) is 2.06. The smallest absolute Gasteiger partial charge is 0.236 e. The van der Waals surface area contributed by atoms with Crippen molar-refractivity contribution >= 4 is 17.7 Å². The molecule has 88 valence electrons. The van der Waals surface area contributed by atoms with E-state index in [1.165, 1.54) is 19.3 Å². The second-order valence-electron chi connectivity index (χ2n) is 4.15. The van der Waals surface area contributed by atoms with E-state index in [9.17, 15) is 4.79 Å². The standard InChI is InChI=1S/C11H22N2OS/c1-4-12-11(14)8(2)13-9-5-6-10(7-9)15-3/h8-10,13H,4-7H2,1-3H3,(H,12,14). The molecule has 1 rings (SSSR count). The summed E-state index contributed by atoms with van der Waals surface area (Å²) in [4.78, 5) is 11.5. The fourth-order valence-corrected chi connectivity index (χ4v) is 2.86. The number of amides is 1. The average molecular weight is 230 g/mol. The van der Waals surface area contributed by atoms with Gasteiger partial charge in [0.2, 0.25) is 5.91 Å². The van der Waals surface area contributed by atoms with Gasteiger partial charge in [0.1, 0.15) is 0 Å². The number of likely N-dealkylation sites (N-methyl/N-ethyl adjacent to an activating group) is 1. The Hall–Kier alpha value is -0.220. The van der Waals surface area contributed by atoms with Crippen LogP contribution in [-0.4, -0.2) is 36.0 Å². The number of rotatable bonds is 5. The molecule has 4 heteroatoms. The summed E-state index contributed by atoms with van der Waals surface area (Å²) in [6.07, 6.45) is 5.85. The molecule has 1 saturated carbocycles. The van der Waals surface area contributed by atoms with Gasteiger partial charge in [-0.2, -0.15) is 11.8 Å². The van der Waals surface area contributed by atoms with Crippen LogP contribution in [0.25, 0.3) is 0 Å². The zero-order chi connectivity index (χ0) is 11.3. The van der Waals surface area contributed by atoms with Crippen molar-refractivity contribution in [3.05, 3.63) is 0 Å². The summed E-state index contributed by atoms with van der Waals surface area (Å²) in [7, 11) is 0. The van der Waals surface area contributed by atoms with Gasteiger partial charge in [-0.25, -0.2) is 0 Å². The molecule has 1 amide bonds. The highest BCUT2D eigenvalue weighted by Gasteiger charge is 2.26. The summed E-state index contributed by atoms with van der Waals surface area (Å²) in [6.45, 7) is 4.60. The van der Waals surface area contributed by atoms with Crippen LogP contribution in [0.4, 0.5) is 0 Å². The van der Waals surface area contributed by atoms with Gasteiger partial charge in [-0.15, -0.1) is 0 Å². The molecular formula is C11H22N2OS. The zero-order valence-electron chi connectivity index (χ0n) is 9.88. The van der Waals surface area contributed by atoms with Gasteiger partial charge in [0.05, 0.1) is 6.04 Å². The molecule has 3 atom stereocenters. The van der Waals surface area contributed by atoms with Crippen LogP contribution in [0.1, 0.15) is 33.1 Å². The fraction of sp³-hybridized carbons (Fsp3) is 0.909. The summed E-state index contributed by atoms with van der Waals surface area (Å²) in [5.74, 6) is 0.116. The Kier molecular flexibility index (Phi) is 5.47. The normalized spacial score (nSPS) is 27.7. The van der Waals surface area contributed by atoms with Crippen LogP contribution in [0.3, 0.4) is 0 Å².